The first kappa shape index (κ1) is 10.4. The molecule has 0 unspecified atom stereocenters. The van der Waals surface area contributed by atoms with E-state index in [2.05, 4.69) is 15.0 Å². The van der Waals surface area contributed by atoms with Crippen LogP contribution in [0.15, 0.2) is 24.4 Å². The second kappa shape index (κ2) is 3.61. The highest BCUT2D eigenvalue weighted by Gasteiger charge is 2.48. The molecule has 0 atom stereocenters. The second-order valence-corrected chi connectivity index (χ2v) is 4.31. The molecule has 0 aliphatic heterocycles. The highest BCUT2D eigenvalue weighted by Crippen LogP contribution is 2.51. The van der Waals surface area contributed by atoms with Gasteiger partial charge < -0.3 is 10.2 Å². The summed E-state index contributed by atoms with van der Waals surface area (Å²) in [5, 5.41) is 18.4. The zero-order valence-corrected chi connectivity index (χ0v) is 9.11. The van der Waals surface area contributed by atoms with Crippen LogP contribution in [0.25, 0.3) is 17.4 Å². The van der Waals surface area contributed by atoms with Crippen LogP contribution in [-0.2, 0) is 0 Å². The summed E-state index contributed by atoms with van der Waals surface area (Å²) in [6, 6.07) is 0. The van der Waals surface area contributed by atoms with Crippen molar-refractivity contribution in [2.75, 3.05) is 13.2 Å². The average molecular weight is 232 g/mol. The number of rotatable bonds is 3. The Morgan fingerprint density at radius 1 is 1.35 bits per heavy atom. The molecule has 0 radical (unpaired) electrons. The van der Waals surface area contributed by atoms with Crippen LogP contribution in [0.2, 0.25) is 0 Å². The Kier molecular flexibility index (Phi) is 2.20. The molecule has 2 aromatic heterocycles. The maximum Gasteiger partial charge on any atom is 0.167 e. The van der Waals surface area contributed by atoms with E-state index in [4.69, 9.17) is 0 Å². The number of aliphatic hydroxyl groups excluding tert-OH is 2. The van der Waals surface area contributed by atoms with E-state index in [-0.39, 0.29) is 13.2 Å². The Hall–Kier alpha value is -1.79. The van der Waals surface area contributed by atoms with E-state index in [0.29, 0.717) is 6.42 Å². The fourth-order valence-corrected chi connectivity index (χ4v) is 1.92. The number of hydrogen-bond acceptors (Lipinski definition) is 5. The van der Waals surface area contributed by atoms with E-state index in [1.54, 1.807) is 17.1 Å². The minimum atomic E-state index is -0.441. The van der Waals surface area contributed by atoms with E-state index >= 15 is 0 Å². The molecule has 0 amide bonds. The molecule has 0 saturated heterocycles. The van der Waals surface area contributed by atoms with E-state index in [9.17, 15) is 10.2 Å². The molecule has 1 saturated carbocycles. The van der Waals surface area contributed by atoms with Crippen LogP contribution >= 0.6 is 0 Å². The first-order chi connectivity index (χ1) is 8.29. The molecule has 88 valence electrons. The van der Waals surface area contributed by atoms with E-state index < -0.39 is 5.41 Å². The summed E-state index contributed by atoms with van der Waals surface area (Å²) < 4.78 is 1.79. The quantitative estimate of drug-likeness (QED) is 0.780. The molecule has 0 aromatic carbocycles. The number of fused-ring (bicyclic) bond motifs is 1. The van der Waals surface area contributed by atoms with Crippen molar-refractivity contribution >= 4 is 17.4 Å². The van der Waals surface area contributed by atoms with Gasteiger partial charge in [-0.2, -0.15) is 0 Å². The fourth-order valence-electron chi connectivity index (χ4n) is 1.92. The van der Waals surface area contributed by atoms with Crippen LogP contribution in [0, 0.1) is 5.41 Å². The third-order valence-electron chi connectivity index (χ3n) is 3.22. The standard InChI is InChI=1S/C11H12N4O2/c16-4-11(5-17)1-8(11)3-15-7-14-9-2-12-6-13-10(9)15/h2-3,6-7,16-17H,1,4-5H2/b8-3+. The lowest BCUT2D eigenvalue weighted by atomic mass is 10.1. The van der Waals surface area contributed by atoms with Crippen LogP contribution < -0.4 is 0 Å². The van der Waals surface area contributed by atoms with Crippen LogP contribution in [0.4, 0.5) is 0 Å². The third kappa shape index (κ3) is 1.53. The van der Waals surface area contributed by atoms with Gasteiger partial charge in [-0.05, 0) is 12.0 Å². The SMILES string of the molecule is OCC1(CO)C/C1=C\n1cnc2cncnc21. The van der Waals surface area contributed by atoms with Gasteiger partial charge in [0.15, 0.2) is 5.65 Å². The van der Waals surface area contributed by atoms with Gasteiger partial charge in [-0.25, -0.2) is 15.0 Å². The molecule has 6 heteroatoms. The maximum atomic E-state index is 9.22. The summed E-state index contributed by atoms with van der Waals surface area (Å²) in [5.41, 5.74) is 2.03. The predicted molar refractivity (Wildman–Crippen MR) is 60.8 cm³/mol. The Labute approximate surface area is 97.3 Å². The molecular weight excluding hydrogens is 220 g/mol. The fraction of sp³-hybridized carbons (Fsp3) is 0.364. The molecule has 1 aliphatic carbocycles. The monoisotopic (exact) mass is 232 g/mol. The van der Waals surface area contributed by atoms with Gasteiger partial charge in [-0.15, -0.1) is 0 Å². The van der Waals surface area contributed by atoms with Crippen LogP contribution in [0.3, 0.4) is 0 Å². The first-order valence-electron chi connectivity index (χ1n) is 5.34. The zero-order valence-electron chi connectivity index (χ0n) is 9.11. The molecule has 1 fully saturated rings. The molecule has 17 heavy (non-hydrogen) atoms. The number of nitrogens with zero attached hydrogens (tertiary/aromatic N) is 4. The van der Waals surface area contributed by atoms with Gasteiger partial charge in [0.1, 0.15) is 18.2 Å². The second-order valence-electron chi connectivity index (χ2n) is 4.31. The van der Waals surface area contributed by atoms with Gasteiger partial charge in [-0.1, -0.05) is 0 Å². The summed E-state index contributed by atoms with van der Waals surface area (Å²) in [6.45, 7) is -0.0616. The Bertz CT molecular complexity index is 586. The highest BCUT2D eigenvalue weighted by molar-refractivity contribution is 5.72. The Balaban J connectivity index is 2.00. The van der Waals surface area contributed by atoms with E-state index in [1.807, 2.05) is 6.20 Å². The van der Waals surface area contributed by atoms with Crippen LogP contribution in [0.1, 0.15) is 6.42 Å². The lowest BCUT2D eigenvalue weighted by Gasteiger charge is -2.04. The third-order valence-corrected chi connectivity index (χ3v) is 3.22. The Morgan fingerprint density at radius 2 is 2.18 bits per heavy atom. The van der Waals surface area contributed by atoms with Crippen molar-refractivity contribution in [1.29, 1.82) is 0 Å². The summed E-state index contributed by atoms with van der Waals surface area (Å²) in [6.07, 6.45) is 7.36. The van der Waals surface area contributed by atoms with Crippen LogP contribution in [-0.4, -0.2) is 42.9 Å². The lowest BCUT2D eigenvalue weighted by Crippen LogP contribution is -2.12. The van der Waals surface area contributed by atoms with Gasteiger partial charge in [-0.3, -0.25) is 4.57 Å². The molecule has 0 bridgehead atoms. The van der Waals surface area contributed by atoms with Gasteiger partial charge in [0, 0.05) is 11.6 Å². The number of imidazole rings is 1. The van der Waals surface area contributed by atoms with Gasteiger partial charge in [0.05, 0.1) is 19.4 Å². The predicted octanol–water partition coefficient (Wildman–Crippen LogP) is 0.0419. The largest absolute Gasteiger partial charge is 0.395 e. The maximum absolute atomic E-state index is 9.22. The Morgan fingerprint density at radius 3 is 2.88 bits per heavy atom. The van der Waals surface area contributed by atoms with Crippen molar-refractivity contribution < 1.29 is 10.2 Å². The topological polar surface area (TPSA) is 84.1 Å². The van der Waals surface area contributed by atoms with Crippen LogP contribution in [0.5, 0.6) is 0 Å². The minimum absolute atomic E-state index is 0.0308. The summed E-state index contributed by atoms with van der Waals surface area (Å²) in [5.74, 6) is 0. The number of aliphatic hydroxyl groups is 2. The van der Waals surface area contributed by atoms with Crippen molar-refractivity contribution in [3.05, 3.63) is 24.4 Å². The molecule has 3 rings (SSSR count). The lowest BCUT2D eigenvalue weighted by molar-refractivity contribution is 0.143. The molecule has 0 spiro atoms. The van der Waals surface area contributed by atoms with Crippen molar-refractivity contribution in [2.24, 2.45) is 5.41 Å². The van der Waals surface area contributed by atoms with E-state index in [1.165, 1.54) is 6.33 Å². The minimum Gasteiger partial charge on any atom is -0.395 e. The normalized spacial score (nSPS) is 20.0. The van der Waals surface area contributed by atoms with Crippen molar-refractivity contribution in [3.8, 4) is 0 Å². The van der Waals surface area contributed by atoms with Crippen molar-refractivity contribution in [2.45, 2.75) is 6.42 Å². The molecule has 6 nitrogen and oxygen atoms in total. The summed E-state index contributed by atoms with van der Waals surface area (Å²) in [7, 11) is 0. The van der Waals surface area contributed by atoms with Crippen molar-refractivity contribution in [1.82, 2.24) is 19.5 Å². The van der Waals surface area contributed by atoms with Gasteiger partial charge in [0.2, 0.25) is 0 Å². The number of hydrogen-bond donors (Lipinski definition) is 2. The summed E-state index contributed by atoms with van der Waals surface area (Å²) in [4.78, 5) is 12.2. The smallest absolute Gasteiger partial charge is 0.167 e. The number of aromatic nitrogens is 4. The first-order valence-corrected chi connectivity index (χ1v) is 5.34. The van der Waals surface area contributed by atoms with Gasteiger partial charge in [0.25, 0.3) is 0 Å². The molecule has 1 aliphatic rings. The molecule has 2 heterocycles. The molecular formula is C11H12N4O2. The molecule has 2 N–H and O–H groups in total. The van der Waals surface area contributed by atoms with E-state index in [0.717, 1.165) is 16.7 Å². The zero-order chi connectivity index (χ0) is 11.9. The average Bonchev–Trinajstić information content (AvgIpc) is 2.93. The summed E-state index contributed by atoms with van der Waals surface area (Å²) >= 11 is 0. The molecule has 2 aromatic rings. The highest BCUT2D eigenvalue weighted by atomic mass is 16.3. The van der Waals surface area contributed by atoms with Gasteiger partial charge >= 0.3 is 0 Å². The van der Waals surface area contributed by atoms with Crippen molar-refractivity contribution in [3.63, 3.8) is 0 Å².